The van der Waals surface area contributed by atoms with E-state index in [1.165, 1.54) is 58.2 Å². The Morgan fingerprint density at radius 3 is 2.61 bits per heavy atom. The molecule has 1 saturated heterocycles. The summed E-state index contributed by atoms with van der Waals surface area (Å²) in [5.41, 5.74) is 0. The van der Waals surface area contributed by atoms with Gasteiger partial charge < -0.3 is 10.2 Å². The molecule has 1 heterocycles. The van der Waals surface area contributed by atoms with E-state index >= 15 is 0 Å². The molecular formula is C15H31N3. The minimum Gasteiger partial charge on any atom is -0.312 e. The van der Waals surface area contributed by atoms with E-state index in [0.29, 0.717) is 0 Å². The summed E-state index contributed by atoms with van der Waals surface area (Å²) < 4.78 is 0. The summed E-state index contributed by atoms with van der Waals surface area (Å²) in [6.07, 6.45) is 8.24. The van der Waals surface area contributed by atoms with Crippen molar-refractivity contribution in [3.05, 3.63) is 0 Å². The van der Waals surface area contributed by atoms with E-state index in [2.05, 4.69) is 36.1 Å². The van der Waals surface area contributed by atoms with Gasteiger partial charge in [0.25, 0.3) is 0 Å². The largest absolute Gasteiger partial charge is 0.312 e. The Labute approximate surface area is 113 Å². The van der Waals surface area contributed by atoms with Gasteiger partial charge in [0.15, 0.2) is 0 Å². The first-order valence-corrected chi connectivity index (χ1v) is 7.86. The number of nitrogens with one attached hydrogen (secondary N) is 1. The Balaban J connectivity index is 1.88. The normalized spacial score (nSPS) is 34.3. The van der Waals surface area contributed by atoms with Gasteiger partial charge in [-0.15, -0.1) is 0 Å². The van der Waals surface area contributed by atoms with E-state index in [1.54, 1.807) is 0 Å². The Kier molecular flexibility index (Phi) is 5.46. The van der Waals surface area contributed by atoms with Gasteiger partial charge in [-0.25, -0.2) is 0 Å². The van der Waals surface area contributed by atoms with Crippen LogP contribution in [0.5, 0.6) is 0 Å². The lowest BCUT2D eigenvalue weighted by Crippen LogP contribution is -2.51. The SMILES string of the molecule is CCCNC1CCCCC1N1CCC(N(C)C)C1. The first-order valence-electron chi connectivity index (χ1n) is 7.86. The van der Waals surface area contributed by atoms with Gasteiger partial charge in [-0.2, -0.15) is 0 Å². The van der Waals surface area contributed by atoms with Gasteiger partial charge in [-0.1, -0.05) is 19.8 Å². The second-order valence-corrected chi connectivity index (χ2v) is 6.31. The van der Waals surface area contributed by atoms with Crippen LogP contribution in [0.1, 0.15) is 45.4 Å². The number of likely N-dealkylation sites (tertiary alicyclic amines) is 1. The average Bonchev–Trinajstić information content (AvgIpc) is 2.86. The van der Waals surface area contributed by atoms with E-state index < -0.39 is 0 Å². The van der Waals surface area contributed by atoms with Crippen LogP contribution >= 0.6 is 0 Å². The zero-order valence-corrected chi connectivity index (χ0v) is 12.5. The third-order valence-corrected chi connectivity index (χ3v) is 4.78. The number of likely N-dealkylation sites (N-methyl/N-ethyl adjacent to an activating group) is 1. The molecule has 1 N–H and O–H groups in total. The predicted octanol–water partition coefficient (Wildman–Crippen LogP) is 1.93. The minimum atomic E-state index is 0.750. The maximum Gasteiger partial charge on any atom is 0.0250 e. The van der Waals surface area contributed by atoms with Gasteiger partial charge in [-0.3, -0.25) is 4.90 Å². The summed E-state index contributed by atoms with van der Waals surface area (Å²) in [6, 6.07) is 2.33. The maximum atomic E-state index is 3.79. The van der Waals surface area contributed by atoms with Gasteiger partial charge in [0.2, 0.25) is 0 Å². The molecule has 0 aromatic carbocycles. The summed E-state index contributed by atoms with van der Waals surface area (Å²) >= 11 is 0. The van der Waals surface area contributed by atoms with Crippen LogP contribution in [0, 0.1) is 0 Å². The molecule has 3 nitrogen and oxygen atoms in total. The molecule has 0 bridgehead atoms. The van der Waals surface area contributed by atoms with Crippen molar-refractivity contribution in [2.24, 2.45) is 0 Å². The van der Waals surface area contributed by atoms with Gasteiger partial charge in [0.05, 0.1) is 0 Å². The fourth-order valence-electron chi connectivity index (χ4n) is 3.61. The summed E-state index contributed by atoms with van der Waals surface area (Å²) in [5, 5.41) is 3.79. The third-order valence-electron chi connectivity index (χ3n) is 4.78. The number of nitrogens with zero attached hydrogens (tertiary/aromatic N) is 2. The molecule has 0 spiro atoms. The van der Waals surface area contributed by atoms with Crippen LogP contribution in [-0.4, -0.2) is 61.7 Å². The lowest BCUT2D eigenvalue weighted by atomic mass is 9.89. The third kappa shape index (κ3) is 3.46. The van der Waals surface area contributed by atoms with Crippen molar-refractivity contribution in [2.45, 2.75) is 63.6 Å². The Morgan fingerprint density at radius 2 is 1.94 bits per heavy atom. The highest BCUT2D eigenvalue weighted by Crippen LogP contribution is 2.27. The first kappa shape index (κ1) is 14.3. The summed E-state index contributed by atoms with van der Waals surface area (Å²) in [6.45, 7) is 6.04. The van der Waals surface area contributed by atoms with Crippen LogP contribution in [0.2, 0.25) is 0 Å². The Bertz CT molecular complexity index is 242. The highest BCUT2D eigenvalue weighted by Gasteiger charge is 2.34. The quantitative estimate of drug-likeness (QED) is 0.808. The van der Waals surface area contributed by atoms with Crippen LogP contribution in [0.25, 0.3) is 0 Å². The van der Waals surface area contributed by atoms with Crippen molar-refractivity contribution in [1.29, 1.82) is 0 Å². The first-order chi connectivity index (χ1) is 8.72. The van der Waals surface area contributed by atoms with Crippen LogP contribution in [0.3, 0.4) is 0 Å². The molecule has 3 heteroatoms. The molecule has 0 aromatic rings. The Morgan fingerprint density at radius 1 is 1.17 bits per heavy atom. The van der Waals surface area contributed by atoms with Crippen molar-refractivity contribution in [2.75, 3.05) is 33.7 Å². The second kappa shape index (κ2) is 6.88. The molecule has 0 amide bonds. The number of hydrogen-bond donors (Lipinski definition) is 1. The summed E-state index contributed by atoms with van der Waals surface area (Å²) in [7, 11) is 4.45. The number of hydrogen-bond acceptors (Lipinski definition) is 3. The van der Waals surface area contributed by atoms with E-state index in [-0.39, 0.29) is 0 Å². The average molecular weight is 253 g/mol. The molecule has 106 valence electrons. The molecular weight excluding hydrogens is 222 g/mol. The van der Waals surface area contributed by atoms with Crippen molar-refractivity contribution >= 4 is 0 Å². The van der Waals surface area contributed by atoms with Gasteiger partial charge >= 0.3 is 0 Å². The molecule has 2 rings (SSSR count). The smallest absolute Gasteiger partial charge is 0.0250 e. The summed E-state index contributed by atoms with van der Waals surface area (Å²) in [4.78, 5) is 5.16. The van der Waals surface area contributed by atoms with E-state index in [0.717, 1.165) is 18.1 Å². The molecule has 1 aliphatic carbocycles. The molecule has 18 heavy (non-hydrogen) atoms. The molecule has 2 fully saturated rings. The van der Waals surface area contributed by atoms with Crippen LogP contribution < -0.4 is 5.32 Å². The Hall–Kier alpha value is -0.120. The van der Waals surface area contributed by atoms with E-state index in [4.69, 9.17) is 0 Å². The standard InChI is InChI=1S/C15H31N3/c1-4-10-16-14-7-5-6-8-15(14)18-11-9-13(12-18)17(2)3/h13-16H,4-12H2,1-3H3. The molecule has 3 unspecified atom stereocenters. The van der Waals surface area contributed by atoms with E-state index in [1.807, 2.05) is 0 Å². The molecule has 3 atom stereocenters. The van der Waals surface area contributed by atoms with Gasteiger partial charge in [0.1, 0.15) is 0 Å². The second-order valence-electron chi connectivity index (χ2n) is 6.31. The molecule has 2 aliphatic rings. The van der Waals surface area contributed by atoms with Crippen molar-refractivity contribution < 1.29 is 0 Å². The fraction of sp³-hybridized carbons (Fsp3) is 1.00. The van der Waals surface area contributed by atoms with Crippen LogP contribution in [0.15, 0.2) is 0 Å². The number of rotatable bonds is 5. The highest BCUT2D eigenvalue weighted by atomic mass is 15.3. The van der Waals surface area contributed by atoms with Gasteiger partial charge in [-0.05, 0) is 46.3 Å². The zero-order chi connectivity index (χ0) is 13.0. The predicted molar refractivity (Wildman–Crippen MR) is 78.0 cm³/mol. The monoisotopic (exact) mass is 253 g/mol. The van der Waals surface area contributed by atoms with Crippen LogP contribution in [-0.2, 0) is 0 Å². The lowest BCUT2D eigenvalue weighted by molar-refractivity contribution is 0.139. The van der Waals surface area contributed by atoms with Crippen molar-refractivity contribution in [3.63, 3.8) is 0 Å². The minimum absolute atomic E-state index is 0.750. The topological polar surface area (TPSA) is 18.5 Å². The molecule has 1 saturated carbocycles. The maximum absolute atomic E-state index is 3.79. The van der Waals surface area contributed by atoms with Crippen LogP contribution in [0.4, 0.5) is 0 Å². The van der Waals surface area contributed by atoms with E-state index in [9.17, 15) is 0 Å². The van der Waals surface area contributed by atoms with Crippen molar-refractivity contribution in [1.82, 2.24) is 15.1 Å². The highest BCUT2D eigenvalue weighted by molar-refractivity contribution is 4.93. The molecule has 0 radical (unpaired) electrons. The van der Waals surface area contributed by atoms with Gasteiger partial charge in [0, 0.05) is 31.2 Å². The molecule has 1 aliphatic heterocycles. The zero-order valence-electron chi connectivity index (χ0n) is 12.5. The summed E-state index contributed by atoms with van der Waals surface area (Å²) in [5.74, 6) is 0. The van der Waals surface area contributed by atoms with Crippen molar-refractivity contribution in [3.8, 4) is 0 Å². The lowest BCUT2D eigenvalue weighted by Gasteiger charge is -2.39. The molecule has 0 aromatic heterocycles. The fourth-order valence-corrected chi connectivity index (χ4v) is 3.61.